The number of aromatic nitrogens is 4. The summed E-state index contributed by atoms with van der Waals surface area (Å²) in [6, 6.07) is 33.3. The van der Waals surface area contributed by atoms with Gasteiger partial charge in [0.2, 0.25) is 0 Å². The van der Waals surface area contributed by atoms with Gasteiger partial charge in [-0.25, -0.2) is 4.98 Å². The first-order valence-electron chi connectivity index (χ1n) is 20.0. The molecular formula is C50H56N4OPt. The smallest absolute Gasteiger partial charge is 0.509 e. The largest absolute Gasteiger partial charge is 2.00 e. The van der Waals surface area contributed by atoms with Crippen molar-refractivity contribution in [3.05, 3.63) is 130 Å². The molecule has 0 saturated heterocycles. The molecule has 0 unspecified atom stereocenters. The molecule has 0 bridgehead atoms. The Morgan fingerprint density at radius 2 is 1.32 bits per heavy atom. The van der Waals surface area contributed by atoms with E-state index in [2.05, 4.69) is 178 Å². The predicted molar refractivity (Wildman–Crippen MR) is 230 cm³/mol. The molecule has 0 fully saturated rings. The quantitative estimate of drug-likeness (QED) is 0.136. The van der Waals surface area contributed by atoms with Crippen LogP contribution in [0.25, 0.3) is 44.4 Å². The Morgan fingerprint density at radius 1 is 0.661 bits per heavy atom. The average molecular weight is 924 g/mol. The molecule has 292 valence electrons. The maximum Gasteiger partial charge on any atom is 2.00 e. The second-order valence-electron chi connectivity index (χ2n) is 17.5. The average Bonchev–Trinajstić information content (AvgIpc) is 3.62. The summed E-state index contributed by atoms with van der Waals surface area (Å²) >= 11 is 0. The van der Waals surface area contributed by atoms with Crippen LogP contribution in [0.4, 0.5) is 0 Å². The fourth-order valence-corrected chi connectivity index (χ4v) is 7.82. The zero-order chi connectivity index (χ0) is 39.5. The molecule has 3 heterocycles. The first-order chi connectivity index (χ1) is 26.0. The number of rotatable bonds is 9. The van der Waals surface area contributed by atoms with Gasteiger partial charge in [0.15, 0.2) is 0 Å². The fraction of sp³-hybridized carbons (Fsp3) is 0.360. The van der Waals surface area contributed by atoms with Gasteiger partial charge in [-0.1, -0.05) is 112 Å². The number of benzene rings is 4. The first-order valence-corrected chi connectivity index (χ1v) is 20.0. The fourth-order valence-electron chi connectivity index (χ4n) is 7.82. The van der Waals surface area contributed by atoms with Gasteiger partial charge in [-0.2, -0.15) is 11.2 Å². The minimum absolute atomic E-state index is 0. The molecule has 7 rings (SSSR count). The molecule has 56 heavy (non-hydrogen) atoms. The number of ether oxygens (including phenoxy) is 1. The van der Waals surface area contributed by atoms with E-state index in [0.29, 0.717) is 35.2 Å². The minimum atomic E-state index is -0.142. The normalized spacial score (nSPS) is 12.2. The van der Waals surface area contributed by atoms with Crippen LogP contribution in [-0.2, 0) is 26.5 Å². The monoisotopic (exact) mass is 923 g/mol. The summed E-state index contributed by atoms with van der Waals surface area (Å²) in [5.74, 6) is 3.69. The topological polar surface area (TPSA) is 44.9 Å². The molecule has 0 amide bonds. The second kappa shape index (κ2) is 15.8. The summed E-state index contributed by atoms with van der Waals surface area (Å²) in [5.41, 5.74) is 13.9. The van der Waals surface area contributed by atoms with Crippen LogP contribution in [0.3, 0.4) is 0 Å². The van der Waals surface area contributed by atoms with E-state index in [1.807, 2.05) is 12.3 Å². The van der Waals surface area contributed by atoms with Crippen LogP contribution < -0.4 is 4.74 Å². The van der Waals surface area contributed by atoms with E-state index in [9.17, 15) is 0 Å². The van der Waals surface area contributed by atoms with Crippen LogP contribution in [-0.4, -0.2) is 19.3 Å². The third-order valence-corrected chi connectivity index (χ3v) is 11.0. The van der Waals surface area contributed by atoms with Gasteiger partial charge in [0.25, 0.3) is 0 Å². The molecule has 3 aromatic heterocycles. The number of aryl methyl sites for hydroxylation is 1. The van der Waals surface area contributed by atoms with E-state index in [1.54, 1.807) is 0 Å². The van der Waals surface area contributed by atoms with Gasteiger partial charge in [-0.05, 0) is 100 Å². The summed E-state index contributed by atoms with van der Waals surface area (Å²) < 4.78 is 11.0. The predicted octanol–water partition coefficient (Wildman–Crippen LogP) is 13.8. The zero-order valence-corrected chi connectivity index (χ0v) is 37.6. The molecule has 0 saturated carbocycles. The molecule has 0 spiro atoms. The van der Waals surface area contributed by atoms with Crippen molar-refractivity contribution in [2.75, 3.05) is 0 Å². The number of hydrogen-bond acceptors (Lipinski definition) is 3. The van der Waals surface area contributed by atoms with Crippen molar-refractivity contribution in [3.8, 4) is 34.1 Å². The Morgan fingerprint density at radius 3 is 1.95 bits per heavy atom. The van der Waals surface area contributed by atoms with E-state index in [-0.39, 0.29) is 26.5 Å². The van der Waals surface area contributed by atoms with Crippen LogP contribution in [0.15, 0.2) is 79.0 Å². The summed E-state index contributed by atoms with van der Waals surface area (Å²) in [5, 5.41) is 7.48. The molecule has 5 nitrogen and oxygen atoms in total. The van der Waals surface area contributed by atoms with Crippen LogP contribution in [0.2, 0.25) is 0 Å². The molecule has 0 N–H and O–H groups in total. The van der Waals surface area contributed by atoms with Gasteiger partial charge in [0.05, 0.1) is 5.69 Å². The van der Waals surface area contributed by atoms with Crippen molar-refractivity contribution in [2.45, 2.75) is 119 Å². The Bertz CT molecular complexity index is 2510. The van der Waals surface area contributed by atoms with Crippen molar-refractivity contribution < 1.29 is 25.8 Å². The van der Waals surface area contributed by atoms with Gasteiger partial charge < -0.3 is 9.30 Å². The Hall–Kier alpha value is -4.47. The first kappa shape index (κ1) is 41.2. The maximum absolute atomic E-state index is 6.75. The molecule has 0 aliphatic heterocycles. The molecule has 4 aromatic carbocycles. The molecular weight excluding hydrogens is 868 g/mol. The summed E-state index contributed by atoms with van der Waals surface area (Å²) in [7, 11) is 0. The van der Waals surface area contributed by atoms with Crippen molar-refractivity contribution in [3.63, 3.8) is 0 Å². The van der Waals surface area contributed by atoms with Crippen LogP contribution in [0.5, 0.6) is 11.5 Å². The summed E-state index contributed by atoms with van der Waals surface area (Å²) in [6.45, 7) is 29.3. The van der Waals surface area contributed by atoms with Gasteiger partial charge in [0, 0.05) is 34.5 Å². The van der Waals surface area contributed by atoms with Crippen LogP contribution in [0, 0.1) is 26.0 Å². The van der Waals surface area contributed by atoms with Crippen LogP contribution in [0.1, 0.15) is 139 Å². The number of nitrogens with zero attached hydrogens (tertiary/aromatic N) is 4. The van der Waals surface area contributed by atoms with Crippen molar-refractivity contribution >= 4 is 21.8 Å². The Kier molecular flexibility index (Phi) is 11.6. The number of para-hydroxylation sites is 1. The third kappa shape index (κ3) is 7.64. The van der Waals surface area contributed by atoms with Gasteiger partial charge in [-0.3, -0.25) is 4.68 Å². The summed E-state index contributed by atoms with van der Waals surface area (Å²) in [4.78, 5) is 4.83. The van der Waals surface area contributed by atoms with Crippen LogP contribution >= 0.6 is 0 Å². The van der Waals surface area contributed by atoms with Gasteiger partial charge >= 0.3 is 21.1 Å². The minimum Gasteiger partial charge on any atom is -0.509 e. The standard InChI is InChI=1S/C50H56N4O.Pt/c1-29(2)35-20-21-51-47(24-35)53-45-17-15-14-16-41(45)42-19-18-39(28-46(42)53)55-40-26-37(50(11,12)13)25-38(27-40)54-34(10)48(33(9)52-54)49-43(31(5)6)22-36(30(3)4)23-44(49)32(7)8;/h14-26,29-32H,1-13H3;/q-2;+2. The summed E-state index contributed by atoms with van der Waals surface area (Å²) in [6.07, 6.45) is 1.90. The molecule has 0 radical (unpaired) electrons. The second-order valence-corrected chi connectivity index (χ2v) is 17.5. The van der Waals surface area contributed by atoms with Gasteiger partial charge in [-0.15, -0.1) is 41.3 Å². The number of hydrogen-bond donors (Lipinski definition) is 0. The van der Waals surface area contributed by atoms with Crippen molar-refractivity contribution in [2.24, 2.45) is 0 Å². The van der Waals surface area contributed by atoms with Gasteiger partial charge in [0.1, 0.15) is 5.82 Å². The van der Waals surface area contributed by atoms with Crippen molar-refractivity contribution in [1.82, 2.24) is 19.3 Å². The van der Waals surface area contributed by atoms with E-state index in [4.69, 9.17) is 14.8 Å². The third-order valence-electron chi connectivity index (χ3n) is 11.0. The molecule has 0 aliphatic rings. The number of pyridine rings is 1. The zero-order valence-electron chi connectivity index (χ0n) is 35.3. The SMILES string of the molecule is Cc1nn(-c2[c-]c(Oc3[c-]c4c(cc3)c3ccccc3n4-c3cc(C(C)C)ccn3)cc(C(C)(C)C)c2)c(C)c1-c1c(C(C)C)cc(C(C)C)cc1C(C)C.[Pt+2]. The number of fused-ring (bicyclic) bond motifs is 3. The maximum atomic E-state index is 6.75. The van der Waals surface area contributed by atoms with Crippen molar-refractivity contribution in [1.29, 1.82) is 0 Å². The molecule has 7 aromatic rings. The molecule has 0 atom stereocenters. The Labute approximate surface area is 348 Å². The van der Waals surface area contributed by atoms with E-state index in [0.717, 1.165) is 50.3 Å². The molecule has 6 heteroatoms. The van der Waals surface area contributed by atoms with E-state index < -0.39 is 0 Å². The van der Waals surface area contributed by atoms with E-state index >= 15 is 0 Å². The molecule has 0 aliphatic carbocycles. The Balaban J connectivity index is 0.00000532. The van der Waals surface area contributed by atoms with E-state index in [1.165, 1.54) is 33.4 Å².